The van der Waals surface area contributed by atoms with Crippen molar-refractivity contribution in [3.8, 4) is 0 Å². The number of benzene rings is 1. The highest BCUT2D eigenvalue weighted by molar-refractivity contribution is 7.80. The van der Waals surface area contributed by atoms with Gasteiger partial charge >= 0.3 is 0 Å². The molecule has 3 aliphatic rings. The minimum absolute atomic E-state index is 0.133. The molecule has 1 aliphatic carbocycles. The van der Waals surface area contributed by atoms with E-state index in [9.17, 15) is 0 Å². The molecule has 1 aromatic carbocycles. The first kappa shape index (κ1) is 19.4. The first-order valence-corrected chi connectivity index (χ1v) is 11.2. The van der Waals surface area contributed by atoms with Gasteiger partial charge in [-0.3, -0.25) is 14.8 Å². The lowest BCUT2D eigenvalue weighted by Crippen LogP contribution is -2.46. The fourth-order valence-electron chi connectivity index (χ4n) is 4.97. The van der Waals surface area contributed by atoms with Crippen molar-refractivity contribution in [1.82, 2.24) is 4.90 Å². The van der Waals surface area contributed by atoms with Gasteiger partial charge in [0.15, 0.2) is 0 Å². The van der Waals surface area contributed by atoms with Gasteiger partial charge < -0.3 is 0 Å². The molecule has 1 aromatic rings. The van der Waals surface area contributed by atoms with Gasteiger partial charge in [0.1, 0.15) is 5.84 Å². The Morgan fingerprint density at radius 3 is 2.37 bits per heavy atom. The summed E-state index contributed by atoms with van der Waals surface area (Å²) in [5.74, 6) is 1.13. The molecule has 1 atom stereocenters. The highest BCUT2D eigenvalue weighted by Gasteiger charge is 2.53. The van der Waals surface area contributed by atoms with Gasteiger partial charge in [0.25, 0.3) is 0 Å². The second kappa shape index (κ2) is 7.81. The van der Waals surface area contributed by atoms with E-state index >= 15 is 0 Å². The fraction of sp³-hybridized carbons (Fsp3) is 0.636. The summed E-state index contributed by atoms with van der Waals surface area (Å²) >= 11 is 12.6. The first-order chi connectivity index (χ1) is 13.0. The van der Waals surface area contributed by atoms with Crippen LogP contribution in [0.15, 0.2) is 29.3 Å². The number of hydrogen-bond acceptors (Lipinski definition) is 3. The molecule has 0 unspecified atom stereocenters. The van der Waals surface area contributed by atoms with Crippen molar-refractivity contribution in [1.29, 1.82) is 0 Å². The predicted octanol–water partition coefficient (Wildman–Crippen LogP) is 5.71. The van der Waals surface area contributed by atoms with E-state index in [1.54, 1.807) is 0 Å². The smallest absolute Gasteiger partial charge is 0.127 e. The molecule has 0 amide bonds. The molecule has 2 heterocycles. The van der Waals surface area contributed by atoms with E-state index in [2.05, 4.69) is 29.7 Å². The van der Waals surface area contributed by atoms with Crippen molar-refractivity contribution >= 4 is 40.3 Å². The number of thiocarbonyl (C=S) groups is 1. The number of amidine groups is 1. The molecular weight excluding hydrogens is 374 g/mol. The number of likely N-dealkylation sites (tertiary alicyclic amines) is 1. The maximum Gasteiger partial charge on any atom is 0.127 e. The topological polar surface area (TPSA) is 18.8 Å². The maximum atomic E-state index is 6.61. The lowest BCUT2D eigenvalue weighted by Gasteiger charge is -2.33. The van der Waals surface area contributed by atoms with Gasteiger partial charge in [-0.2, -0.15) is 0 Å². The Balaban J connectivity index is 1.81. The van der Waals surface area contributed by atoms with Crippen molar-refractivity contribution in [2.45, 2.75) is 70.9 Å². The van der Waals surface area contributed by atoms with Crippen LogP contribution in [0.1, 0.15) is 58.8 Å². The zero-order chi connectivity index (χ0) is 19.0. The number of nitrogens with zero attached hydrogens (tertiary/aromatic N) is 3. The van der Waals surface area contributed by atoms with Gasteiger partial charge in [-0.25, -0.2) is 0 Å². The summed E-state index contributed by atoms with van der Waals surface area (Å²) in [6, 6.07) is 8.71. The number of hydrogen-bond donors (Lipinski definition) is 0. The summed E-state index contributed by atoms with van der Waals surface area (Å²) in [5.41, 5.74) is 0.847. The number of anilines is 1. The Hall–Kier alpha value is -0.970. The molecule has 1 saturated carbocycles. The number of halogens is 1. The lowest BCUT2D eigenvalue weighted by molar-refractivity contribution is 0.223. The van der Waals surface area contributed by atoms with Crippen molar-refractivity contribution in [3.63, 3.8) is 0 Å². The molecule has 0 bridgehead atoms. The summed E-state index contributed by atoms with van der Waals surface area (Å²) in [6.45, 7) is 6.84. The molecule has 4 rings (SSSR count). The van der Waals surface area contributed by atoms with Crippen LogP contribution in [0.5, 0.6) is 0 Å². The van der Waals surface area contributed by atoms with E-state index in [0.29, 0.717) is 6.04 Å². The molecule has 0 radical (unpaired) electrons. The highest BCUT2D eigenvalue weighted by Crippen LogP contribution is 2.43. The van der Waals surface area contributed by atoms with Gasteiger partial charge in [0, 0.05) is 5.41 Å². The SMILES string of the molecule is CC1(C)C(=S)N(c2ccccc2Cl)C(=NC2CCCCC2)[C@@H]1N1CCCC1. The van der Waals surface area contributed by atoms with Crippen LogP contribution in [0.25, 0.3) is 0 Å². The van der Waals surface area contributed by atoms with Crippen LogP contribution in [0.2, 0.25) is 5.02 Å². The third-order valence-electron chi connectivity index (χ3n) is 6.40. The molecule has 5 heteroatoms. The largest absolute Gasteiger partial charge is 0.293 e. The normalized spacial score (nSPS) is 28.4. The van der Waals surface area contributed by atoms with Gasteiger partial charge in [-0.1, -0.05) is 69.1 Å². The molecule has 2 aliphatic heterocycles. The third-order valence-corrected chi connectivity index (χ3v) is 7.43. The van der Waals surface area contributed by atoms with E-state index in [4.69, 9.17) is 28.8 Å². The Morgan fingerprint density at radius 1 is 1.04 bits per heavy atom. The molecule has 0 N–H and O–H groups in total. The van der Waals surface area contributed by atoms with E-state index in [1.807, 2.05) is 18.2 Å². The summed E-state index contributed by atoms with van der Waals surface area (Å²) in [6.07, 6.45) is 8.84. The van der Waals surface area contributed by atoms with Crippen LogP contribution in [-0.4, -0.2) is 40.9 Å². The quantitative estimate of drug-likeness (QED) is 0.602. The number of para-hydroxylation sites is 1. The predicted molar refractivity (Wildman–Crippen MR) is 119 cm³/mol. The zero-order valence-corrected chi connectivity index (χ0v) is 18.0. The summed E-state index contributed by atoms with van der Waals surface area (Å²) < 4.78 is 0. The summed E-state index contributed by atoms with van der Waals surface area (Å²) in [5, 5.41) is 0.745. The summed E-state index contributed by atoms with van der Waals surface area (Å²) in [4.78, 5) is 11.1. The van der Waals surface area contributed by atoms with Crippen LogP contribution in [-0.2, 0) is 0 Å². The zero-order valence-electron chi connectivity index (χ0n) is 16.5. The van der Waals surface area contributed by atoms with E-state index in [1.165, 1.54) is 44.9 Å². The van der Waals surface area contributed by atoms with Crippen molar-refractivity contribution in [3.05, 3.63) is 29.3 Å². The average molecular weight is 404 g/mol. The number of aliphatic imine (C=N–C) groups is 1. The minimum Gasteiger partial charge on any atom is -0.293 e. The van der Waals surface area contributed by atoms with E-state index < -0.39 is 0 Å². The second-order valence-corrected chi connectivity index (χ2v) is 9.53. The third kappa shape index (κ3) is 3.56. The fourth-order valence-corrected chi connectivity index (χ4v) is 5.49. The monoisotopic (exact) mass is 403 g/mol. The van der Waals surface area contributed by atoms with Gasteiger partial charge in [-0.05, 0) is 50.9 Å². The Labute approximate surface area is 173 Å². The molecule has 3 fully saturated rings. The Kier molecular flexibility index (Phi) is 5.59. The second-order valence-electron chi connectivity index (χ2n) is 8.74. The van der Waals surface area contributed by atoms with Crippen molar-refractivity contribution < 1.29 is 0 Å². The van der Waals surface area contributed by atoms with Crippen LogP contribution >= 0.6 is 23.8 Å². The van der Waals surface area contributed by atoms with Crippen molar-refractivity contribution in [2.24, 2.45) is 10.4 Å². The van der Waals surface area contributed by atoms with Crippen LogP contribution in [0.3, 0.4) is 0 Å². The highest BCUT2D eigenvalue weighted by atomic mass is 35.5. The first-order valence-electron chi connectivity index (χ1n) is 10.4. The molecule has 146 valence electrons. The Bertz CT molecular complexity index is 733. The molecule has 0 spiro atoms. The average Bonchev–Trinajstić information content (AvgIpc) is 3.23. The molecule has 3 nitrogen and oxygen atoms in total. The van der Waals surface area contributed by atoms with E-state index in [0.717, 1.165) is 34.6 Å². The maximum absolute atomic E-state index is 6.61. The van der Waals surface area contributed by atoms with Crippen molar-refractivity contribution in [2.75, 3.05) is 18.0 Å². The lowest BCUT2D eigenvalue weighted by atomic mass is 9.86. The van der Waals surface area contributed by atoms with Gasteiger partial charge in [0.05, 0.1) is 27.8 Å². The van der Waals surface area contributed by atoms with Crippen LogP contribution < -0.4 is 4.90 Å². The van der Waals surface area contributed by atoms with E-state index in [-0.39, 0.29) is 11.5 Å². The molecule has 2 saturated heterocycles. The standard InChI is InChI=1S/C22H30ClN3S/c1-22(2)19(25-14-8-9-15-25)20(24-16-10-4-3-5-11-16)26(21(22)27)18-13-7-6-12-17(18)23/h6-7,12-13,16,19H,3-5,8-11,14-15H2,1-2H3/t19-/m0/s1. The summed E-state index contributed by atoms with van der Waals surface area (Å²) in [7, 11) is 0. The molecule has 27 heavy (non-hydrogen) atoms. The number of rotatable bonds is 3. The Morgan fingerprint density at radius 2 is 1.70 bits per heavy atom. The van der Waals surface area contributed by atoms with Crippen LogP contribution in [0.4, 0.5) is 5.69 Å². The van der Waals surface area contributed by atoms with Crippen LogP contribution in [0, 0.1) is 5.41 Å². The van der Waals surface area contributed by atoms with Gasteiger partial charge in [0.2, 0.25) is 0 Å². The molecular formula is C22H30ClN3S. The molecule has 0 aromatic heterocycles. The van der Waals surface area contributed by atoms with Gasteiger partial charge in [-0.15, -0.1) is 0 Å². The minimum atomic E-state index is -0.133.